The molecule has 4 rings (SSSR count). The molecule has 0 aliphatic rings. The minimum atomic E-state index is -0.0881. The van der Waals surface area contributed by atoms with E-state index in [1.54, 1.807) is 6.92 Å². The first-order valence-electron chi connectivity index (χ1n) is 8.30. The topological polar surface area (TPSA) is 94.1 Å². The number of carbonyl (C=O) groups excluding carboxylic acids is 1. The average molecular weight is 380 g/mol. The van der Waals surface area contributed by atoms with E-state index in [9.17, 15) is 4.79 Å². The van der Waals surface area contributed by atoms with Gasteiger partial charge in [-0.3, -0.25) is 4.79 Å². The van der Waals surface area contributed by atoms with Crippen LogP contribution in [0.4, 0.5) is 5.69 Å². The first kappa shape index (κ1) is 17.3. The highest BCUT2D eigenvalue weighted by Gasteiger charge is 2.09. The van der Waals surface area contributed by atoms with Crippen molar-refractivity contribution in [1.82, 2.24) is 15.1 Å². The van der Waals surface area contributed by atoms with Gasteiger partial charge >= 0.3 is 0 Å². The summed E-state index contributed by atoms with van der Waals surface area (Å²) in [5, 5.41) is 6.66. The van der Waals surface area contributed by atoms with Gasteiger partial charge in [-0.15, -0.1) is 11.8 Å². The predicted molar refractivity (Wildman–Crippen MR) is 103 cm³/mol. The monoisotopic (exact) mass is 380 g/mol. The lowest BCUT2D eigenvalue weighted by Crippen LogP contribution is -2.14. The number of para-hydroxylation sites is 2. The molecule has 0 saturated heterocycles. The molecular formula is C19H16N4O3S. The number of benzene rings is 2. The van der Waals surface area contributed by atoms with Crippen molar-refractivity contribution in [1.29, 1.82) is 0 Å². The van der Waals surface area contributed by atoms with Crippen LogP contribution in [0.2, 0.25) is 0 Å². The van der Waals surface area contributed by atoms with Crippen molar-refractivity contribution in [2.24, 2.45) is 0 Å². The number of nitrogens with zero attached hydrogens (tertiary/aromatic N) is 3. The van der Waals surface area contributed by atoms with E-state index in [2.05, 4.69) is 20.4 Å². The summed E-state index contributed by atoms with van der Waals surface area (Å²) in [6, 6.07) is 15.0. The Hall–Kier alpha value is -3.13. The van der Waals surface area contributed by atoms with E-state index < -0.39 is 0 Å². The van der Waals surface area contributed by atoms with Gasteiger partial charge in [0.15, 0.2) is 11.4 Å². The molecule has 0 spiro atoms. The molecule has 27 heavy (non-hydrogen) atoms. The molecule has 1 N–H and O–H groups in total. The number of thioether (sulfide) groups is 1. The van der Waals surface area contributed by atoms with Crippen molar-refractivity contribution >= 4 is 34.5 Å². The van der Waals surface area contributed by atoms with E-state index in [4.69, 9.17) is 8.94 Å². The number of amides is 1. The molecule has 2 heterocycles. The zero-order valence-corrected chi connectivity index (χ0v) is 15.3. The van der Waals surface area contributed by atoms with Crippen LogP contribution in [0, 0.1) is 6.92 Å². The van der Waals surface area contributed by atoms with Crippen molar-refractivity contribution in [2.75, 3.05) is 11.1 Å². The number of aromatic nitrogens is 3. The largest absolute Gasteiger partial charge is 0.436 e. The van der Waals surface area contributed by atoms with Gasteiger partial charge in [-0.25, -0.2) is 4.98 Å². The standard InChI is InChI=1S/C19H16N4O3S/c1-12-20-17(23-26-12)10-27-11-18(24)21-14-8-6-13(7-9-14)19-22-15-4-2-3-5-16(15)25-19/h2-9H,10-11H2,1H3,(H,21,24). The van der Waals surface area contributed by atoms with Gasteiger partial charge in [0.25, 0.3) is 0 Å². The third kappa shape index (κ3) is 4.17. The normalized spacial score (nSPS) is 11.0. The van der Waals surface area contributed by atoms with Gasteiger partial charge in [-0.05, 0) is 36.4 Å². The van der Waals surface area contributed by atoms with E-state index >= 15 is 0 Å². The summed E-state index contributed by atoms with van der Waals surface area (Å²) in [4.78, 5) is 20.6. The lowest BCUT2D eigenvalue weighted by molar-refractivity contribution is -0.113. The lowest BCUT2D eigenvalue weighted by Gasteiger charge is -2.05. The summed E-state index contributed by atoms with van der Waals surface area (Å²) in [6.07, 6.45) is 0. The molecule has 0 unspecified atom stereocenters. The SMILES string of the molecule is Cc1nc(CSCC(=O)Nc2ccc(-c3nc4ccccc4o3)cc2)no1. The summed E-state index contributed by atoms with van der Waals surface area (Å²) in [6.45, 7) is 1.73. The molecule has 8 heteroatoms. The Kier molecular flexibility index (Phi) is 4.88. The molecule has 0 saturated carbocycles. The number of hydrogen-bond acceptors (Lipinski definition) is 7. The van der Waals surface area contributed by atoms with Crippen LogP contribution < -0.4 is 5.32 Å². The third-order valence-electron chi connectivity index (χ3n) is 3.74. The fourth-order valence-corrected chi connectivity index (χ4v) is 3.18. The maximum Gasteiger partial charge on any atom is 0.234 e. The zero-order chi connectivity index (χ0) is 18.6. The third-order valence-corrected chi connectivity index (χ3v) is 4.67. The lowest BCUT2D eigenvalue weighted by atomic mass is 10.2. The maximum atomic E-state index is 12.1. The van der Waals surface area contributed by atoms with Crippen molar-refractivity contribution < 1.29 is 13.7 Å². The number of anilines is 1. The van der Waals surface area contributed by atoms with Crippen LogP contribution in [-0.2, 0) is 10.5 Å². The Morgan fingerprint density at radius 2 is 1.93 bits per heavy atom. The molecule has 4 aromatic rings. The van der Waals surface area contributed by atoms with Crippen LogP contribution in [-0.4, -0.2) is 26.8 Å². The van der Waals surface area contributed by atoms with Gasteiger partial charge < -0.3 is 14.3 Å². The number of hydrogen-bond donors (Lipinski definition) is 1. The summed E-state index contributed by atoms with van der Waals surface area (Å²) >= 11 is 1.43. The first-order chi connectivity index (χ1) is 13.2. The van der Waals surface area contributed by atoms with Gasteiger partial charge in [-0.2, -0.15) is 4.98 Å². The van der Waals surface area contributed by atoms with Gasteiger partial charge in [0.2, 0.25) is 17.7 Å². The Morgan fingerprint density at radius 1 is 1.11 bits per heavy atom. The van der Waals surface area contributed by atoms with Crippen LogP contribution >= 0.6 is 11.8 Å². The molecule has 0 aliphatic carbocycles. The molecule has 2 aromatic heterocycles. The highest BCUT2D eigenvalue weighted by atomic mass is 32.2. The molecule has 1 amide bonds. The fraction of sp³-hybridized carbons (Fsp3) is 0.158. The van der Waals surface area contributed by atoms with Crippen molar-refractivity contribution in [2.45, 2.75) is 12.7 Å². The van der Waals surface area contributed by atoms with Crippen LogP contribution in [0.5, 0.6) is 0 Å². The maximum absolute atomic E-state index is 12.1. The Balaban J connectivity index is 1.33. The van der Waals surface area contributed by atoms with E-state index in [1.165, 1.54) is 11.8 Å². The van der Waals surface area contributed by atoms with Gasteiger partial charge in [0.05, 0.1) is 11.5 Å². The summed E-state index contributed by atoms with van der Waals surface area (Å²) in [5.74, 6) is 2.42. The van der Waals surface area contributed by atoms with Crippen LogP contribution in [0.3, 0.4) is 0 Å². The number of fused-ring (bicyclic) bond motifs is 1. The zero-order valence-electron chi connectivity index (χ0n) is 14.5. The molecule has 7 nitrogen and oxygen atoms in total. The minimum Gasteiger partial charge on any atom is -0.436 e. The average Bonchev–Trinajstić information content (AvgIpc) is 3.28. The molecule has 0 bridgehead atoms. The molecule has 0 fully saturated rings. The number of rotatable bonds is 6. The predicted octanol–water partition coefficient (Wildman–Crippen LogP) is 4.06. The van der Waals surface area contributed by atoms with E-state index in [1.807, 2.05) is 48.5 Å². The molecular weight excluding hydrogens is 364 g/mol. The molecule has 136 valence electrons. The summed E-state index contributed by atoms with van der Waals surface area (Å²) < 4.78 is 10.6. The van der Waals surface area contributed by atoms with Gasteiger partial charge in [0, 0.05) is 18.2 Å². The molecule has 0 aliphatic heterocycles. The Bertz CT molecular complexity index is 1040. The highest BCUT2D eigenvalue weighted by molar-refractivity contribution is 7.99. The second kappa shape index (κ2) is 7.63. The smallest absolute Gasteiger partial charge is 0.234 e. The second-order valence-electron chi connectivity index (χ2n) is 5.83. The van der Waals surface area contributed by atoms with Crippen molar-refractivity contribution in [3.05, 3.63) is 60.2 Å². The Labute approximate surface area is 159 Å². The fourth-order valence-electron chi connectivity index (χ4n) is 2.52. The highest BCUT2D eigenvalue weighted by Crippen LogP contribution is 2.25. The number of nitrogens with one attached hydrogen (secondary N) is 1. The quantitative estimate of drug-likeness (QED) is 0.539. The van der Waals surface area contributed by atoms with Gasteiger partial charge in [0.1, 0.15) is 5.52 Å². The van der Waals surface area contributed by atoms with Crippen LogP contribution in [0.25, 0.3) is 22.6 Å². The number of aryl methyl sites for hydroxylation is 1. The van der Waals surface area contributed by atoms with Crippen LogP contribution in [0.1, 0.15) is 11.7 Å². The summed E-state index contributed by atoms with van der Waals surface area (Å²) in [5.41, 5.74) is 3.14. The minimum absolute atomic E-state index is 0.0881. The van der Waals surface area contributed by atoms with Crippen molar-refractivity contribution in [3.8, 4) is 11.5 Å². The number of carbonyl (C=O) groups is 1. The molecule has 0 atom stereocenters. The van der Waals surface area contributed by atoms with E-state index in [-0.39, 0.29) is 5.91 Å². The second-order valence-corrected chi connectivity index (χ2v) is 6.82. The Morgan fingerprint density at radius 3 is 2.67 bits per heavy atom. The molecule has 2 aromatic carbocycles. The number of oxazole rings is 1. The van der Waals surface area contributed by atoms with Gasteiger partial charge in [-0.1, -0.05) is 17.3 Å². The van der Waals surface area contributed by atoms with E-state index in [0.29, 0.717) is 29.1 Å². The summed E-state index contributed by atoms with van der Waals surface area (Å²) in [7, 11) is 0. The van der Waals surface area contributed by atoms with E-state index in [0.717, 1.165) is 22.4 Å². The first-order valence-corrected chi connectivity index (χ1v) is 9.45. The van der Waals surface area contributed by atoms with Crippen molar-refractivity contribution in [3.63, 3.8) is 0 Å². The molecule has 0 radical (unpaired) electrons. The van der Waals surface area contributed by atoms with Crippen LogP contribution in [0.15, 0.2) is 57.5 Å².